The van der Waals surface area contributed by atoms with E-state index < -0.39 is 0 Å². The van der Waals surface area contributed by atoms with Gasteiger partial charge >= 0.3 is 0 Å². The lowest BCUT2D eigenvalue weighted by molar-refractivity contribution is 0.102. The number of nitrogens with zero attached hydrogens (tertiary/aromatic N) is 3. The van der Waals surface area contributed by atoms with Crippen LogP contribution in [0.25, 0.3) is 22.2 Å². The van der Waals surface area contributed by atoms with E-state index in [0.29, 0.717) is 17.0 Å². The highest BCUT2D eigenvalue weighted by Crippen LogP contribution is 2.25. The topological polar surface area (TPSA) is 73.8 Å². The van der Waals surface area contributed by atoms with Crippen molar-refractivity contribution in [1.82, 2.24) is 14.8 Å². The summed E-state index contributed by atoms with van der Waals surface area (Å²) in [6, 6.07) is 21.4. The van der Waals surface area contributed by atoms with Crippen molar-refractivity contribution in [2.24, 2.45) is 0 Å². The van der Waals surface area contributed by atoms with E-state index in [2.05, 4.69) is 10.2 Å². The van der Waals surface area contributed by atoms with Gasteiger partial charge < -0.3 is 10.3 Å². The molecule has 0 aliphatic heterocycles. The second kappa shape index (κ2) is 7.86. The number of carbonyl (C=O) groups is 1. The Balaban J connectivity index is 1.52. The molecule has 0 unspecified atom stereocenters. The van der Waals surface area contributed by atoms with Gasteiger partial charge in [-0.3, -0.25) is 4.79 Å². The highest BCUT2D eigenvalue weighted by Gasteiger charge is 2.15. The predicted molar refractivity (Wildman–Crippen MR) is 115 cm³/mol. The molecule has 0 saturated carbocycles. The number of hydrogen-bond acceptors (Lipinski definition) is 5. The number of nitrogens with two attached hydrogens (primary N) is 1. The highest BCUT2D eigenvalue weighted by atomic mass is 32.2. The quantitative estimate of drug-likeness (QED) is 0.295. The van der Waals surface area contributed by atoms with Crippen molar-refractivity contribution in [2.75, 3.05) is 11.5 Å². The first-order valence-electron chi connectivity index (χ1n) is 9.09. The molecular weight excluding hydrogens is 368 g/mol. The molecule has 0 spiro atoms. The van der Waals surface area contributed by atoms with Crippen molar-refractivity contribution in [3.05, 3.63) is 72.3 Å². The van der Waals surface area contributed by atoms with Crippen LogP contribution in [-0.2, 0) is 6.54 Å². The SMILES string of the molecule is CCn1c(SCC(=O)c2ccc3ccccc3c2)nnc1-c1ccc(N)cc1. The standard InChI is InChI=1S/C22H20N4OS/c1-2-26-21(16-9-11-19(23)12-10-16)24-25-22(26)28-14-20(27)18-8-7-15-5-3-4-6-17(15)13-18/h3-13H,2,14,23H2,1H3. The third kappa shape index (κ3) is 3.64. The van der Waals surface area contributed by atoms with Crippen molar-refractivity contribution in [3.63, 3.8) is 0 Å². The van der Waals surface area contributed by atoms with Crippen LogP contribution in [0, 0.1) is 0 Å². The number of thioether (sulfide) groups is 1. The minimum atomic E-state index is 0.0791. The van der Waals surface area contributed by atoms with Gasteiger partial charge in [0, 0.05) is 23.4 Å². The molecule has 4 rings (SSSR count). The fourth-order valence-electron chi connectivity index (χ4n) is 3.10. The molecule has 1 heterocycles. The van der Waals surface area contributed by atoms with E-state index in [9.17, 15) is 4.79 Å². The van der Waals surface area contributed by atoms with Crippen LogP contribution in [0.3, 0.4) is 0 Å². The Morgan fingerprint density at radius 1 is 1.00 bits per heavy atom. The molecule has 5 nitrogen and oxygen atoms in total. The molecule has 28 heavy (non-hydrogen) atoms. The molecule has 140 valence electrons. The summed E-state index contributed by atoms with van der Waals surface area (Å²) in [5, 5.41) is 11.6. The second-order valence-corrected chi connectivity index (χ2v) is 7.39. The summed E-state index contributed by atoms with van der Waals surface area (Å²) in [4.78, 5) is 12.7. The summed E-state index contributed by atoms with van der Waals surface area (Å²) in [6.07, 6.45) is 0. The third-order valence-corrected chi connectivity index (χ3v) is 5.57. The largest absolute Gasteiger partial charge is 0.399 e. The summed E-state index contributed by atoms with van der Waals surface area (Å²) in [5.74, 6) is 1.18. The Morgan fingerprint density at radius 3 is 2.50 bits per heavy atom. The molecule has 0 fully saturated rings. The molecule has 0 saturated heterocycles. The summed E-state index contributed by atoms with van der Waals surface area (Å²) in [6.45, 7) is 2.76. The van der Waals surface area contributed by atoms with Gasteiger partial charge in [-0.1, -0.05) is 48.2 Å². The van der Waals surface area contributed by atoms with Crippen molar-refractivity contribution in [2.45, 2.75) is 18.6 Å². The van der Waals surface area contributed by atoms with Gasteiger partial charge in [0.05, 0.1) is 5.75 Å². The first kappa shape index (κ1) is 18.3. The molecule has 3 aromatic carbocycles. The van der Waals surface area contributed by atoms with E-state index in [-0.39, 0.29) is 5.78 Å². The molecule has 4 aromatic rings. The normalized spacial score (nSPS) is 11.0. The minimum Gasteiger partial charge on any atom is -0.399 e. The number of rotatable bonds is 6. The van der Waals surface area contributed by atoms with Crippen LogP contribution in [0.2, 0.25) is 0 Å². The fraction of sp³-hybridized carbons (Fsp3) is 0.136. The lowest BCUT2D eigenvalue weighted by Crippen LogP contribution is -2.05. The van der Waals surface area contributed by atoms with E-state index in [1.807, 2.05) is 78.2 Å². The smallest absolute Gasteiger partial charge is 0.191 e. The van der Waals surface area contributed by atoms with E-state index in [1.165, 1.54) is 11.8 Å². The maximum Gasteiger partial charge on any atom is 0.191 e. The Morgan fingerprint density at radius 2 is 1.75 bits per heavy atom. The van der Waals surface area contributed by atoms with E-state index >= 15 is 0 Å². The number of anilines is 1. The first-order chi connectivity index (χ1) is 13.7. The number of fused-ring (bicyclic) bond motifs is 1. The molecule has 0 atom stereocenters. The number of nitrogen functional groups attached to an aromatic ring is 1. The molecule has 1 aromatic heterocycles. The predicted octanol–water partition coefficient (Wildman–Crippen LogP) is 4.68. The Kier molecular flexibility index (Phi) is 5.12. The molecule has 0 bridgehead atoms. The summed E-state index contributed by atoms with van der Waals surface area (Å²) >= 11 is 1.41. The van der Waals surface area contributed by atoms with Gasteiger partial charge in [0.15, 0.2) is 16.8 Å². The van der Waals surface area contributed by atoms with Crippen molar-refractivity contribution in [1.29, 1.82) is 0 Å². The maximum absolute atomic E-state index is 12.7. The molecule has 2 N–H and O–H groups in total. The maximum atomic E-state index is 12.7. The number of hydrogen-bond donors (Lipinski definition) is 1. The number of Topliss-reactive ketones (excluding diaryl/α,β-unsaturated/α-hetero) is 1. The highest BCUT2D eigenvalue weighted by molar-refractivity contribution is 7.99. The second-order valence-electron chi connectivity index (χ2n) is 6.45. The van der Waals surface area contributed by atoms with Crippen LogP contribution in [0.5, 0.6) is 0 Å². The lowest BCUT2D eigenvalue weighted by Gasteiger charge is -2.08. The molecular formula is C22H20N4OS. The van der Waals surface area contributed by atoms with Crippen LogP contribution in [0.4, 0.5) is 5.69 Å². The zero-order valence-corrected chi connectivity index (χ0v) is 16.3. The van der Waals surface area contributed by atoms with Gasteiger partial charge in [-0.2, -0.15) is 0 Å². The summed E-state index contributed by atoms with van der Waals surface area (Å²) in [5.41, 5.74) is 8.15. The average Bonchev–Trinajstić information content (AvgIpc) is 3.15. The van der Waals surface area contributed by atoms with Crippen molar-refractivity contribution >= 4 is 34.0 Å². The minimum absolute atomic E-state index is 0.0791. The van der Waals surface area contributed by atoms with Crippen LogP contribution < -0.4 is 5.73 Å². The molecule has 0 aliphatic carbocycles. The van der Waals surface area contributed by atoms with Crippen LogP contribution in [0.1, 0.15) is 17.3 Å². The van der Waals surface area contributed by atoms with Gasteiger partial charge in [-0.05, 0) is 48.0 Å². The van der Waals surface area contributed by atoms with Crippen LogP contribution >= 0.6 is 11.8 Å². The van der Waals surface area contributed by atoms with E-state index in [1.54, 1.807) is 0 Å². The van der Waals surface area contributed by atoms with Gasteiger partial charge in [-0.15, -0.1) is 10.2 Å². The van der Waals surface area contributed by atoms with Crippen molar-refractivity contribution < 1.29 is 4.79 Å². The van der Waals surface area contributed by atoms with Crippen LogP contribution in [-0.4, -0.2) is 26.3 Å². The first-order valence-corrected chi connectivity index (χ1v) is 10.1. The zero-order valence-electron chi connectivity index (χ0n) is 15.5. The average molecular weight is 388 g/mol. The Bertz CT molecular complexity index is 1130. The van der Waals surface area contributed by atoms with Gasteiger partial charge in [-0.25, -0.2) is 0 Å². The van der Waals surface area contributed by atoms with E-state index in [4.69, 9.17) is 5.73 Å². The van der Waals surface area contributed by atoms with E-state index in [0.717, 1.165) is 33.9 Å². The number of aromatic nitrogens is 3. The molecule has 0 aliphatic rings. The number of ketones is 1. The fourth-order valence-corrected chi connectivity index (χ4v) is 4.00. The molecule has 0 amide bonds. The van der Waals surface area contributed by atoms with Crippen LogP contribution in [0.15, 0.2) is 71.9 Å². The monoisotopic (exact) mass is 388 g/mol. The summed E-state index contributed by atoms with van der Waals surface area (Å²) in [7, 11) is 0. The number of carbonyl (C=O) groups excluding carboxylic acids is 1. The molecule has 6 heteroatoms. The van der Waals surface area contributed by atoms with Gasteiger partial charge in [0.1, 0.15) is 0 Å². The lowest BCUT2D eigenvalue weighted by atomic mass is 10.1. The Hall–Kier alpha value is -3.12. The summed E-state index contributed by atoms with van der Waals surface area (Å²) < 4.78 is 2.02. The number of benzene rings is 3. The van der Waals surface area contributed by atoms with Crippen molar-refractivity contribution in [3.8, 4) is 11.4 Å². The third-order valence-electron chi connectivity index (χ3n) is 4.61. The van der Waals surface area contributed by atoms with Gasteiger partial charge in [0.25, 0.3) is 0 Å². The Labute approximate surface area is 167 Å². The molecule has 0 radical (unpaired) electrons. The van der Waals surface area contributed by atoms with Gasteiger partial charge in [0.2, 0.25) is 0 Å². The zero-order chi connectivity index (χ0) is 19.5.